The van der Waals surface area contributed by atoms with Gasteiger partial charge in [-0.05, 0) is 42.0 Å². The lowest BCUT2D eigenvalue weighted by Gasteiger charge is -2.39. The van der Waals surface area contributed by atoms with Gasteiger partial charge < -0.3 is 9.47 Å². The maximum atomic E-state index is 11.1. The fraction of sp³-hybridized carbons (Fsp3) is 0.0435. The lowest BCUT2D eigenvalue weighted by atomic mass is 9.90. The number of fused-ring (bicyclic) bond motifs is 2. The highest BCUT2D eigenvalue weighted by Crippen LogP contribution is 2.46. The molecule has 0 saturated heterocycles. The van der Waals surface area contributed by atoms with Crippen LogP contribution in [0.15, 0.2) is 77.3 Å². The molecule has 1 unspecified atom stereocenters. The lowest BCUT2D eigenvalue weighted by molar-refractivity contribution is -0.384. The number of non-ortho nitro benzene ring substituents is 1. The van der Waals surface area contributed by atoms with Gasteiger partial charge in [-0.3, -0.25) is 10.1 Å². The molecule has 0 N–H and O–H groups in total. The van der Waals surface area contributed by atoms with Crippen LogP contribution in [0.3, 0.4) is 0 Å². The molecule has 0 aliphatic carbocycles. The molecule has 0 fully saturated rings. The average Bonchev–Trinajstić information content (AvgIpc) is 2.74. The van der Waals surface area contributed by atoms with Crippen LogP contribution in [0.4, 0.5) is 5.69 Å². The third-order valence-electron chi connectivity index (χ3n) is 4.94. The maximum Gasteiger partial charge on any atom is 0.299 e. The number of ether oxygens (including phenoxy) is 2. The lowest BCUT2D eigenvalue weighted by Crippen LogP contribution is -2.44. The van der Waals surface area contributed by atoms with E-state index in [4.69, 9.17) is 9.47 Å². The summed E-state index contributed by atoms with van der Waals surface area (Å²) in [5, 5.41) is 11.1. The van der Waals surface area contributed by atoms with Crippen LogP contribution in [0.2, 0.25) is 0 Å². The normalized spacial score (nSPS) is 18.9. The van der Waals surface area contributed by atoms with Gasteiger partial charge in [0.05, 0.1) is 4.92 Å². The van der Waals surface area contributed by atoms with Crippen LogP contribution in [-0.4, -0.2) is 10.7 Å². The number of rotatable bonds is 2. The first-order valence-corrected chi connectivity index (χ1v) is 9.76. The third kappa shape index (κ3) is 3.02. The van der Waals surface area contributed by atoms with E-state index in [0.29, 0.717) is 17.1 Å². The molecule has 2 heterocycles. The van der Waals surface area contributed by atoms with Gasteiger partial charge in [-0.15, -0.1) is 0 Å². The summed E-state index contributed by atoms with van der Waals surface area (Å²) in [6.07, 6.45) is 5.68. The number of nitro groups is 1. The number of hydrogen-bond acceptors (Lipinski definition) is 4. The molecular formula is C23H14BrNO4. The second kappa shape index (κ2) is 6.60. The van der Waals surface area contributed by atoms with Crippen molar-refractivity contribution in [2.75, 3.05) is 0 Å². The molecule has 5 rings (SSSR count). The average molecular weight is 448 g/mol. The van der Waals surface area contributed by atoms with Crippen LogP contribution in [-0.2, 0) is 0 Å². The molecule has 29 heavy (non-hydrogen) atoms. The van der Waals surface area contributed by atoms with Crippen LogP contribution < -0.4 is 9.47 Å². The van der Waals surface area contributed by atoms with Gasteiger partial charge in [-0.1, -0.05) is 46.3 Å². The molecule has 1 spiro atoms. The van der Waals surface area contributed by atoms with Crippen molar-refractivity contribution in [1.29, 1.82) is 0 Å². The van der Waals surface area contributed by atoms with Gasteiger partial charge in [-0.2, -0.15) is 0 Å². The quantitative estimate of drug-likeness (QED) is 0.352. The van der Waals surface area contributed by atoms with Crippen LogP contribution in [0, 0.1) is 10.1 Å². The fourth-order valence-electron chi connectivity index (χ4n) is 3.57. The predicted molar refractivity (Wildman–Crippen MR) is 115 cm³/mol. The Hall–Kier alpha value is -3.38. The summed E-state index contributed by atoms with van der Waals surface area (Å²) in [5.74, 6) is 0.0640. The van der Waals surface area contributed by atoms with Gasteiger partial charge in [-0.25, -0.2) is 0 Å². The molecule has 2 aliphatic rings. The number of hydrogen-bond donors (Lipinski definition) is 0. The third-order valence-corrected chi connectivity index (χ3v) is 5.43. The van der Waals surface area contributed by atoms with Crippen LogP contribution in [0.5, 0.6) is 11.5 Å². The molecule has 1 atom stereocenters. The van der Waals surface area contributed by atoms with E-state index >= 15 is 0 Å². The summed E-state index contributed by atoms with van der Waals surface area (Å²) in [5.41, 5.74) is 3.42. The Morgan fingerprint density at radius 2 is 1.62 bits per heavy atom. The van der Waals surface area contributed by atoms with Crippen molar-refractivity contribution >= 4 is 39.3 Å². The molecule has 6 heteroatoms. The van der Waals surface area contributed by atoms with Gasteiger partial charge in [0.2, 0.25) is 0 Å². The van der Waals surface area contributed by atoms with Crippen molar-refractivity contribution in [3.63, 3.8) is 0 Å². The Morgan fingerprint density at radius 1 is 0.897 bits per heavy atom. The largest absolute Gasteiger partial charge is 0.444 e. The predicted octanol–water partition coefficient (Wildman–Crippen LogP) is 6.09. The van der Waals surface area contributed by atoms with E-state index in [1.807, 2.05) is 60.7 Å². The summed E-state index contributed by atoms with van der Waals surface area (Å²) >= 11 is 3.51. The van der Waals surface area contributed by atoms with Crippen molar-refractivity contribution in [2.45, 2.75) is 5.79 Å². The standard InChI is InChI=1S/C23H14BrNO4/c24-18-6-8-22-17(12-18)14-20(15-4-2-1-3-5-15)23(29-22)11-10-16-13-19(25(26)27)7-9-21(16)28-23/h1-14H. The minimum absolute atomic E-state index is 0.0199. The van der Waals surface area contributed by atoms with E-state index in [1.165, 1.54) is 12.1 Å². The molecule has 3 aromatic carbocycles. The van der Waals surface area contributed by atoms with Crippen molar-refractivity contribution in [2.24, 2.45) is 0 Å². The zero-order chi connectivity index (χ0) is 20.0. The fourth-order valence-corrected chi connectivity index (χ4v) is 3.95. The van der Waals surface area contributed by atoms with Gasteiger partial charge in [0, 0.05) is 39.4 Å². The van der Waals surface area contributed by atoms with E-state index in [-0.39, 0.29) is 5.69 Å². The van der Waals surface area contributed by atoms with Gasteiger partial charge >= 0.3 is 0 Å². The number of benzene rings is 3. The number of nitrogens with zero attached hydrogens (tertiary/aromatic N) is 1. The van der Waals surface area contributed by atoms with E-state index in [9.17, 15) is 10.1 Å². The zero-order valence-corrected chi connectivity index (χ0v) is 16.6. The SMILES string of the molecule is O=[N+]([O-])c1ccc2c(c1)C=CC1(Oc3ccc(Br)cc3C=C1c1ccccc1)O2. The van der Waals surface area contributed by atoms with E-state index < -0.39 is 10.7 Å². The minimum Gasteiger partial charge on any atom is -0.444 e. The van der Waals surface area contributed by atoms with Gasteiger partial charge in [0.15, 0.2) is 0 Å². The summed E-state index contributed by atoms with van der Waals surface area (Å²) in [7, 11) is 0. The molecule has 0 amide bonds. The van der Waals surface area contributed by atoms with Gasteiger partial charge in [0.25, 0.3) is 11.5 Å². The van der Waals surface area contributed by atoms with Crippen molar-refractivity contribution in [1.82, 2.24) is 0 Å². The summed E-state index contributed by atoms with van der Waals surface area (Å²) in [4.78, 5) is 10.7. The Bertz CT molecular complexity index is 1200. The highest BCUT2D eigenvalue weighted by atomic mass is 79.9. The molecule has 0 radical (unpaired) electrons. The first-order valence-electron chi connectivity index (χ1n) is 8.97. The van der Waals surface area contributed by atoms with Crippen molar-refractivity contribution < 1.29 is 14.4 Å². The molecule has 0 aromatic heterocycles. The number of halogens is 1. The Balaban J connectivity index is 1.66. The second-order valence-corrected chi connectivity index (χ2v) is 7.71. The minimum atomic E-state index is -1.16. The van der Waals surface area contributed by atoms with Crippen molar-refractivity contribution in [3.05, 3.63) is 104 Å². The van der Waals surface area contributed by atoms with Crippen LogP contribution in [0.1, 0.15) is 16.7 Å². The molecule has 5 nitrogen and oxygen atoms in total. The number of nitro benzene ring substituents is 1. The molecule has 2 aliphatic heterocycles. The molecule has 0 bridgehead atoms. The second-order valence-electron chi connectivity index (χ2n) is 6.79. The molecule has 3 aromatic rings. The first kappa shape index (κ1) is 17.7. The highest BCUT2D eigenvalue weighted by molar-refractivity contribution is 9.10. The van der Waals surface area contributed by atoms with E-state index in [0.717, 1.165) is 21.2 Å². The van der Waals surface area contributed by atoms with Crippen molar-refractivity contribution in [3.8, 4) is 11.5 Å². The smallest absolute Gasteiger partial charge is 0.299 e. The Kier molecular flexibility index (Phi) is 4.03. The summed E-state index contributed by atoms with van der Waals surface area (Å²) < 4.78 is 13.7. The Morgan fingerprint density at radius 3 is 2.38 bits per heavy atom. The monoisotopic (exact) mass is 447 g/mol. The van der Waals surface area contributed by atoms with E-state index in [2.05, 4.69) is 22.0 Å². The highest BCUT2D eigenvalue weighted by Gasteiger charge is 2.43. The summed E-state index contributed by atoms with van der Waals surface area (Å²) in [6.45, 7) is 0. The molecular weight excluding hydrogens is 434 g/mol. The Labute approximate surface area is 175 Å². The molecule has 142 valence electrons. The zero-order valence-electron chi connectivity index (χ0n) is 15.0. The topological polar surface area (TPSA) is 61.6 Å². The summed E-state index contributed by atoms with van der Waals surface area (Å²) in [6, 6.07) is 20.2. The van der Waals surface area contributed by atoms with Crippen LogP contribution >= 0.6 is 15.9 Å². The maximum absolute atomic E-state index is 11.1. The molecule has 0 saturated carbocycles. The van der Waals surface area contributed by atoms with E-state index in [1.54, 1.807) is 6.07 Å². The first-order chi connectivity index (χ1) is 14.0. The van der Waals surface area contributed by atoms with Gasteiger partial charge in [0.1, 0.15) is 11.5 Å². The van der Waals surface area contributed by atoms with Crippen LogP contribution in [0.25, 0.3) is 17.7 Å².